The van der Waals surface area contributed by atoms with Crippen molar-refractivity contribution in [3.63, 3.8) is 0 Å². The zero-order valence-electron chi connectivity index (χ0n) is 8.11. The molecular formula is C10H9ClFN3. The van der Waals surface area contributed by atoms with E-state index >= 15 is 0 Å². The summed E-state index contributed by atoms with van der Waals surface area (Å²) in [6, 6.07) is 4.87. The number of halogens is 2. The summed E-state index contributed by atoms with van der Waals surface area (Å²) in [4.78, 5) is 0. The molecular weight excluding hydrogens is 217 g/mol. The lowest BCUT2D eigenvalue weighted by molar-refractivity contribution is 0.605. The molecule has 3 nitrogen and oxygen atoms in total. The Balaban J connectivity index is 2.53. The molecule has 0 unspecified atom stereocenters. The van der Waals surface area contributed by atoms with Gasteiger partial charge in [0.25, 0.3) is 0 Å². The zero-order chi connectivity index (χ0) is 10.8. The molecule has 5 heteroatoms. The summed E-state index contributed by atoms with van der Waals surface area (Å²) >= 11 is 5.60. The van der Waals surface area contributed by atoms with Crippen LogP contribution >= 0.6 is 11.6 Å². The van der Waals surface area contributed by atoms with Gasteiger partial charge in [0.15, 0.2) is 0 Å². The number of nitrogens with zero attached hydrogens (tertiary/aromatic N) is 3. The van der Waals surface area contributed by atoms with Gasteiger partial charge < -0.3 is 0 Å². The summed E-state index contributed by atoms with van der Waals surface area (Å²) in [5.74, 6) is -0.0472. The van der Waals surface area contributed by atoms with E-state index in [0.29, 0.717) is 11.4 Å². The lowest BCUT2D eigenvalue weighted by Gasteiger charge is -2.05. The van der Waals surface area contributed by atoms with Gasteiger partial charge in [-0.25, -0.2) is 9.07 Å². The molecule has 0 radical (unpaired) electrons. The van der Waals surface area contributed by atoms with Gasteiger partial charge in [-0.3, -0.25) is 0 Å². The van der Waals surface area contributed by atoms with Crippen molar-refractivity contribution in [3.8, 4) is 5.69 Å². The first kappa shape index (κ1) is 10.1. The van der Waals surface area contributed by atoms with E-state index in [0.717, 1.165) is 5.56 Å². The quantitative estimate of drug-likeness (QED) is 0.735. The van der Waals surface area contributed by atoms with E-state index < -0.39 is 0 Å². The minimum absolute atomic E-state index is 0.271. The van der Waals surface area contributed by atoms with Gasteiger partial charge in [-0.2, -0.15) is 0 Å². The molecule has 0 saturated heterocycles. The van der Waals surface area contributed by atoms with Crippen LogP contribution in [0.3, 0.4) is 0 Å². The lowest BCUT2D eigenvalue weighted by atomic mass is 10.2. The predicted octanol–water partition coefficient (Wildman–Crippen LogP) is 2.45. The smallest absolute Gasteiger partial charge is 0.149 e. The Kier molecular flexibility index (Phi) is 2.68. The largest absolute Gasteiger partial charge is 0.217 e. The number of rotatable bonds is 2. The zero-order valence-corrected chi connectivity index (χ0v) is 8.87. The van der Waals surface area contributed by atoms with Crippen LogP contribution in [0.1, 0.15) is 11.3 Å². The van der Waals surface area contributed by atoms with Crippen LogP contribution in [0, 0.1) is 12.7 Å². The lowest BCUT2D eigenvalue weighted by Crippen LogP contribution is -2.01. The van der Waals surface area contributed by atoms with Gasteiger partial charge in [0, 0.05) is 0 Å². The van der Waals surface area contributed by atoms with E-state index in [1.54, 1.807) is 12.3 Å². The topological polar surface area (TPSA) is 30.7 Å². The normalized spacial score (nSPS) is 10.6. The summed E-state index contributed by atoms with van der Waals surface area (Å²) in [7, 11) is 0. The van der Waals surface area contributed by atoms with Crippen molar-refractivity contribution in [2.75, 3.05) is 0 Å². The van der Waals surface area contributed by atoms with Crippen molar-refractivity contribution in [3.05, 3.63) is 41.5 Å². The molecule has 1 heterocycles. The molecule has 78 valence electrons. The predicted molar refractivity (Wildman–Crippen MR) is 55.6 cm³/mol. The van der Waals surface area contributed by atoms with Crippen LogP contribution in [0.4, 0.5) is 4.39 Å². The van der Waals surface area contributed by atoms with Crippen LogP contribution in [0.15, 0.2) is 24.4 Å². The molecule has 1 aromatic heterocycles. The monoisotopic (exact) mass is 225 g/mol. The highest BCUT2D eigenvalue weighted by Crippen LogP contribution is 2.17. The van der Waals surface area contributed by atoms with Crippen LogP contribution in [0.25, 0.3) is 5.69 Å². The Morgan fingerprint density at radius 2 is 2.27 bits per heavy atom. The summed E-state index contributed by atoms with van der Waals surface area (Å²) < 4.78 is 14.9. The molecule has 0 spiro atoms. The van der Waals surface area contributed by atoms with Crippen molar-refractivity contribution >= 4 is 11.6 Å². The molecule has 0 aliphatic rings. The molecule has 1 aromatic carbocycles. The van der Waals surface area contributed by atoms with Crippen molar-refractivity contribution in [1.82, 2.24) is 15.0 Å². The molecule has 0 aliphatic heterocycles. The van der Waals surface area contributed by atoms with Crippen LogP contribution in [0.2, 0.25) is 0 Å². The third-order valence-electron chi connectivity index (χ3n) is 2.10. The second kappa shape index (κ2) is 3.98. The maximum absolute atomic E-state index is 13.5. The first-order valence-electron chi connectivity index (χ1n) is 4.45. The van der Waals surface area contributed by atoms with Gasteiger partial charge in [0.1, 0.15) is 11.5 Å². The van der Waals surface area contributed by atoms with Gasteiger partial charge in [0.2, 0.25) is 0 Å². The van der Waals surface area contributed by atoms with Crippen LogP contribution in [0.5, 0.6) is 0 Å². The van der Waals surface area contributed by atoms with E-state index in [-0.39, 0.29) is 11.7 Å². The molecule has 15 heavy (non-hydrogen) atoms. The Hall–Kier alpha value is -1.42. The highest BCUT2D eigenvalue weighted by Gasteiger charge is 2.09. The Labute approximate surface area is 91.5 Å². The van der Waals surface area contributed by atoms with Crippen molar-refractivity contribution in [1.29, 1.82) is 0 Å². The summed E-state index contributed by atoms with van der Waals surface area (Å²) in [5, 5.41) is 7.63. The van der Waals surface area contributed by atoms with Gasteiger partial charge in [-0.05, 0) is 18.6 Å². The molecule has 0 amide bonds. The molecule has 0 saturated carbocycles. The SMILES string of the molecule is Cc1cccc(F)c1-n1cc(CCl)nn1. The number of para-hydroxylation sites is 1. The minimum atomic E-state index is -0.318. The fraction of sp³-hybridized carbons (Fsp3) is 0.200. The highest BCUT2D eigenvalue weighted by atomic mass is 35.5. The molecule has 0 fully saturated rings. The van der Waals surface area contributed by atoms with Crippen LogP contribution in [-0.2, 0) is 5.88 Å². The highest BCUT2D eigenvalue weighted by molar-refractivity contribution is 6.16. The number of hydrogen-bond donors (Lipinski definition) is 0. The maximum atomic E-state index is 13.5. The number of aromatic nitrogens is 3. The minimum Gasteiger partial charge on any atom is -0.217 e. The van der Waals surface area contributed by atoms with Crippen LogP contribution in [-0.4, -0.2) is 15.0 Å². The van der Waals surface area contributed by atoms with Crippen molar-refractivity contribution in [2.45, 2.75) is 12.8 Å². The summed E-state index contributed by atoms with van der Waals surface area (Å²) in [5.41, 5.74) is 1.85. The molecule has 0 bridgehead atoms. The summed E-state index contributed by atoms with van der Waals surface area (Å²) in [6.45, 7) is 1.82. The molecule has 0 atom stereocenters. The second-order valence-corrected chi connectivity index (χ2v) is 3.46. The van der Waals surface area contributed by atoms with Gasteiger partial charge in [0.05, 0.1) is 17.8 Å². The average molecular weight is 226 g/mol. The Morgan fingerprint density at radius 3 is 2.87 bits per heavy atom. The maximum Gasteiger partial charge on any atom is 0.149 e. The van der Waals surface area contributed by atoms with E-state index in [4.69, 9.17) is 11.6 Å². The molecule has 2 rings (SSSR count). The van der Waals surface area contributed by atoms with Gasteiger partial charge in [-0.15, -0.1) is 16.7 Å². The van der Waals surface area contributed by atoms with Crippen molar-refractivity contribution < 1.29 is 4.39 Å². The standard InChI is InChI=1S/C10H9ClFN3/c1-7-3-2-4-9(12)10(7)15-6-8(5-11)13-14-15/h2-4,6H,5H2,1H3. The first-order valence-corrected chi connectivity index (χ1v) is 4.98. The summed E-state index contributed by atoms with van der Waals surface area (Å²) in [6.07, 6.45) is 1.62. The number of hydrogen-bond acceptors (Lipinski definition) is 2. The van der Waals surface area contributed by atoms with Gasteiger partial charge in [-0.1, -0.05) is 17.3 Å². The number of benzene rings is 1. The van der Waals surface area contributed by atoms with Crippen LogP contribution < -0.4 is 0 Å². The van der Waals surface area contributed by atoms with Crippen molar-refractivity contribution in [2.24, 2.45) is 0 Å². The second-order valence-electron chi connectivity index (χ2n) is 3.19. The van der Waals surface area contributed by atoms with E-state index in [9.17, 15) is 4.39 Å². The van der Waals surface area contributed by atoms with E-state index in [1.807, 2.05) is 13.0 Å². The molecule has 0 aliphatic carbocycles. The third kappa shape index (κ3) is 1.85. The third-order valence-corrected chi connectivity index (χ3v) is 2.37. The van der Waals surface area contributed by atoms with E-state index in [1.165, 1.54) is 10.7 Å². The average Bonchev–Trinajstić information content (AvgIpc) is 2.66. The fourth-order valence-electron chi connectivity index (χ4n) is 1.38. The Morgan fingerprint density at radius 1 is 1.47 bits per heavy atom. The van der Waals surface area contributed by atoms with E-state index in [2.05, 4.69) is 10.3 Å². The first-order chi connectivity index (χ1) is 7.22. The number of aryl methyl sites for hydroxylation is 1. The molecule has 0 N–H and O–H groups in total. The Bertz CT molecular complexity index is 461. The fourth-order valence-corrected chi connectivity index (χ4v) is 1.50. The van der Waals surface area contributed by atoms with Gasteiger partial charge >= 0.3 is 0 Å². The molecule has 2 aromatic rings. The number of alkyl halides is 1.